The van der Waals surface area contributed by atoms with Gasteiger partial charge in [-0.05, 0) is 24.8 Å². The highest BCUT2D eigenvalue weighted by atomic mass is 79.9. The van der Waals surface area contributed by atoms with Gasteiger partial charge in [0.1, 0.15) is 11.9 Å². The highest BCUT2D eigenvalue weighted by Gasteiger charge is 2.41. The van der Waals surface area contributed by atoms with E-state index in [1.54, 1.807) is 6.08 Å². The van der Waals surface area contributed by atoms with E-state index in [1.165, 1.54) is 12.8 Å². The van der Waals surface area contributed by atoms with Crippen LogP contribution in [0.1, 0.15) is 39.0 Å². The smallest absolute Gasteiger partial charge is 0.107 e. The van der Waals surface area contributed by atoms with Crippen molar-refractivity contribution < 1.29 is 4.74 Å². The maximum Gasteiger partial charge on any atom is 0.107 e. The molecule has 0 aromatic carbocycles. The number of fused-ring (bicyclic) bond motifs is 1. The second-order valence-corrected chi connectivity index (χ2v) is 7.51. The van der Waals surface area contributed by atoms with Gasteiger partial charge >= 0.3 is 0 Å². The molecule has 1 heterocycles. The van der Waals surface area contributed by atoms with Gasteiger partial charge in [0.25, 0.3) is 0 Å². The molecule has 4 atom stereocenters. The normalized spacial score (nSPS) is 36.7. The van der Waals surface area contributed by atoms with Crippen LogP contribution < -0.4 is 0 Å². The third-order valence-electron chi connectivity index (χ3n) is 4.18. The number of terminal acetylenes is 1. The molecular formula is C16H20Br2O. The Morgan fingerprint density at radius 1 is 1.53 bits per heavy atom. The molecule has 0 aromatic rings. The van der Waals surface area contributed by atoms with Gasteiger partial charge < -0.3 is 4.74 Å². The van der Waals surface area contributed by atoms with Crippen LogP contribution in [-0.4, -0.2) is 10.9 Å². The Bertz CT molecular complexity index is 419. The summed E-state index contributed by atoms with van der Waals surface area (Å²) in [5.41, 5.74) is 0. The molecule has 1 nitrogen and oxygen atoms in total. The van der Waals surface area contributed by atoms with E-state index in [4.69, 9.17) is 11.2 Å². The zero-order valence-electron chi connectivity index (χ0n) is 11.2. The molecule has 0 amide bonds. The zero-order chi connectivity index (χ0) is 13.8. The van der Waals surface area contributed by atoms with Crippen molar-refractivity contribution >= 4 is 31.9 Å². The summed E-state index contributed by atoms with van der Waals surface area (Å²) in [6.45, 7) is 2.28. The Kier molecular flexibility index (Phi) is 5.59. The van der Waals surface area contributed by atoms with Crippen molar-refractivity contribution in [3.8, 4) is 12.3 Å². The SMILES string of the molecule is C#C/C=C/C/C(Br)=C1\C[C@@H]2C[C@H](CC)[C@@H](Br)C[C@@H]2O1. The van der Waals surface area contributed by atoms with E-state index in [-0.39, 0.29) is 0 Å². The average molecular weight is 388 g/mol. The number of alkyl halides is 1. The van der Waals surface area contributed by atoms with E-state index in [2.05, 4.69) is 44.7 Å². The van der Waals surface area contributed by atoms with Crippen LogP contribution in [0.4, 0.5) is 0 Å². The van der Waals surface area contributed by atoms with Gasteiger partial charge in [-0.2, -0.15) is 0 Å². The summed E-state index contributed by atoms with van der Waals surface area (Å²) < 4.78 is 7.28. The summed E-state index contributed by atoms with van der Waals surface area (Å²) in [6.07, 6.45) is 14.9. The first-order chi connectivity index (χ1) is 9.15. The second-order valence-electron chi connectivity index (χ2n) is 5.38. The lowest BCUT2D eigenvalue weighted by atomic mass is 9.78. The Morgan fingerprint density at radius 3 is 3.00 bits per heavy atom. The molecule has 19 heavy (non-hydrogen) atoms. The Balaban J connectivity index is 2.01. The van der Waals surface area contributed by atoms with Gasteiger partial charge in [-0.25, -0.2) is 0 Å². The predicted molar refractivity (Wildman–Crippen MR) is 87.3 cm³/mol. The van der Waals surface area contributed by atoms with Gasteiger partial charge in [-0.15, -0.1) is 6.42 Å². The minimum absolute atomic E-state index is 0.395. The van der Waals surface area contributed by atoms with Crippen molar-refractivity contribution in [2.45, 2.75) is 50.0 Å². The van der Waals surface area contributed by atoms with Crippen molar-refractivity contribution in [2.24, 2.45) is 11.8 Å². The molecule has 0 aromatic heterocycles. The lowest BCUT2D eigenvalue weighted by Crippen LogP contribution is -2.33. The first-order valence-corrected chi connectivity index (χ1v) is 8.66. The van der Waals surface area contributed by atoms with Crippen LogP contribution in [0.15, 0.2) is 22.4 Å². The molecule has 2 rings (SSSR count). The topological polar surface area (TPSA) is 9.23 Å². The fourth-order valence-corrected chi connectivity index (χ4v) is 4.46. The summed E-state index contributed by atoms with van der Waals surface area (Å²) in [6, 6.07) is 0. The van der Waals surface area contributed by atoms with Crippen LogP contribution in [-0.2, 0) is 4.74 Å². The van der Waals surface area contributed by atoms with Crippen LogP contribution in [0.25, 0.3) is 0 Å². The van der Waals surface area contributed by atoms with Crippen LogP contribution in [0, 0.1) is 24.2 Å². The average Bonchev–Trinajstić information content (AvgIpc) is 2.80. The summed E-state index contributed by atoms with van der Waals surface area (Å²) in [5, 5.41) is 0. The molecule has 2 fully saturated rings. The largest absolute Gasteiger partial charge is 0.494 e. The molecular weight excluding hydrogens is 368 g/mol. The molecule has 2 aliphatic rings. The molecule has 1 aliphatic heterocycles. The fraction of sp³-hybridized carbons (Fsp3) is 0.625. The van der Waals surface area contributed by atoms with Gasteiger partial charge in [0.15, 0.2) is 0 Å². The quantitative estimate of drug-likeness (QED) is 0.480. The summed E-state index contributed by atoms with van der Waals surface area (Å²) in [4.78, 5) is 0.609. The third-order valence-corrected chi connectivity index (χ3v) is 6.07. The first-order valence-electron chi connectivity index (χ1n) is 6.95. The molecule has 0 radical (unpaired) electrons. The Labute approximate surface area is 133 Å². The molecule has 0 bridgehead atoms. The maximum atomic E-state index is 6.14. The van der Waals surface area contributed by atoms with Gasteiger partial charge in [0.2, 0.25) is 0 Å². The lowest BCUT2D eigenvalue weighted by Gasteiger charge is -2.33. The van der Waals surface area contributed by atoms with Crippen molar-refractivity contribution in [1.82, 2.24) is 0 Å². The van der Waals surface area contributed by atoms with E-state index in [0.29, 0.717) is 16.8 Å². The maximum absolute atomic E-state index is 6.14. The third kappa shape index (κ3) is 3.67. The van der Waals surface area contributed by atoms with Crippen LogP contribution in [0.3, 0.4) is 0 Å². The summed E-state index contributed by atoms with van der Waals surface area (Å²) >= 11 is 7.46. The zero-order valence-corrected chi connectivity index (χ0v) is 14.4. The molecule has 1 saturated heterocycles. The number of halogens is 2. The summed E-state index contributed by atoms with van der Waals surface area (Å²) in [5.74, 6) is 5.13. The Morgan fingerprint density at radius 2 is 2.32 bits per heavy atom. The monoisotopic (exact) mass is 386 g/mol. The van der Waals surface area contributed by atoms with Crippen molar-refractivity contribution in [1.29, 1.82) is 0 Å². The van der Waals surface area contributed by atoms with Crippen molar-refractivity contribution in [2.75, 3.05) is 0 Å². The highest BCUT2D eigenvalue weighted by Crippen LogP contribution is 2.46. The second kappa shape index (κ2) is 6.99. The molecule has 0 N–H and O–H groups in total. The number of rotatable bonds is 3. The van der Waals surface area contributed by atoms with Crippen LogP contribution >= 0.6 is 31.9 Å². The molecule has 0 unspecified atom stereocenters. The standard InChI is InChI=1S/C16H20Br2O/c1-3-5-6-7-13(17)16-9-12-8-11(4-2)14(18)10-15(12)19-16/h1,5-6,11-12,14-15H,4,7-10H2,2H3/b6-5+,16-13-/t11-,12-,14-,15-/m0/s1. The number of hydrogen-bond donors (Lipinski definition) is 0. The van der Waals surface area contributed by atoms with E-state index >= 15 is 0 Å². The van der Waals surface area contributed by atoms with Crippen LogP contribution in [0.5, 0.6) is 0 Å². The Hall–Kier alpha value is -0.200. The van der Waals surface area contributed by atoms with E-state index in [0.717, 1.165) is 35.4 Å². The minimum Gasteiger partial charge on any atom is -0.494 e. The number of allylic oxidation sites excluding steroid dienone is 4. The van der Waals surface area contributed by atoms with Gasteiger partial charge in [-0.3, -0.25) is 0 Å². The van der Waals surface area contributed by atoms with E-state index in [1.807, 2.05) is 6.08 Å². The van der Waals surface area contributed by atoms with Crippen molar-refractivity contribution in [3.05, 3.63) is 22.4 Å². The molecule has 3 heteroatoms. The van der Waals surface area contributed by atoms with Crippen LogP contribution in [0.2, 0.25) is 0 Å². The molecule has 0 spiro atoms. The summed E-state index contributed by atoms with van der Waals surface area (Å²) in [7, 11) is 0. The minimum atomic E-state index is 0.395. The molecule has 1 saturated carbocycles. The lowest BCUT2D eigenvalue weighted by molar-refractivity contribution is 0.0814. The van der Waals surface area contributed by atoms with E-state index < -0.39 is 0 Å². The first kappa shape index (κ1) is 15.2. The number of hydrogen-bond acceptors (Lipinski definition) is 1. The highest BCUT2D eigenvalue weighted by molar-refractivity contribution is 9.11. The predicted octanol–water partition coefficient (Wildman–Crippen LogP) is 5.16. The van der Waals surface area contributed by atoms with Gasteiger partial charge in [0, 0.05) is 28.1 Å². The van der Waals surface area contributed by atoms with Gasteiger partial charge in [-0.1, -0.05) is 57.2 Å². The van der Waals surface area contributed by atoms with Gasteiger partial charge in [0.05, 0.1) is 0 Å². The van der Waals surface area contributed by atoms with E-state index in [9.17, 15) is 0 Å². The number of ether oxygens (including phenoxy) is 1. The fourth-order valence-electron chi connectivity index (χ4n) is 3.06. The van der Waals surface area contributed by atoms with Crippen molar-refractivity contribution in [3.63, 3.8) is 0 Å². The molecule has 104 valence electrons. The molecule has 1 aliphatic carbocycles.